The van der Waals surface area contributed by atoms with Crippen molar-refractivity contribution in [2.45, 2.75) is 13.5 Å². The van der Waals surface area contributed by atoms with E-state index in [-0.39, 0.29) is 5.56 Å². The molecule has 0 atom stereocenters. The van der Waals surface area contributed by atoms with Gasteiger partial charge in [0.25, 0.3) is 5.56 Å². The zero-order valence-corrected chi connectivity index (χ0v) is 11.8. The number of para-hydroxylation sites is 1. The fourth-order valence-electron chi connectivity index (χ4n) is 2.26. The highest BCUT2D eigenvalue weighted by atomic mass is 35.5. The van der Waals surface area contributed by atoms with Crippen LogP contribution < -0.4 is 5.56 Å². The third kappa shape index (κ3) is 2.21. The normalized spacial score (nSPS) is 10.9. The van der Waals surface area contributed by atoms with Crippen LogP contribution >= 0.6 is 11.6 Å². The standard InChI is InChI=1S/C16H13ClN2O/c1-11-5-4-7-13-15(11)18-10-19(16(13)20)9-12-6-2-3-8-14(12)17/h2-8,10H,9H2,1H3. The molecule has 0 radical (unpaired) electrons. The smallest absolute Gasteiger partial charge is 0.261 e. The average molecular weight is 285 g/mol. The molecular weight excluding hydrogens is 272 g/mol. The number of hydrogen-bond acceptors (Lipinski definition) is 2. The summed E-state index contributed by atoms with van der Waals surface area (Å²) >= 11 is 6.13. The fraction of sp³-hybridized carbons (Fsp3) is 0.125. The maximum Gasteiger partial charge on any atom is 0.261 e. The van der Waals surface area contributed by atoms with Gasteiger partial charge in [-0.3, -0.25) is 9.36 Å². The van der Waals surface area contributed by atoms with Crippen LogP contribution in [-0.2, 0) is 6.54 Å². The molecule has 3 aromatic rings. The zero-order chi connectivity index (χ0) is 14.1. The molecule has 0 saturated heterocycles. The van der Waals surface area contributed by atoms with E-state index in [0.29, 0.717) is 17.0 Å². The first-order chi connectivity index (χ1) is 9.66. The van der Waals surface area contributed by atoms with E-state index in [1.54, 1.807) is 17.0 Å². The molecule has 20 heavy (non-hydrogen) atoms. The highest BCUT2D eigenvalue weighted by Gasteiger charge is 2.07. The van der Waals surface area contributed by atoms with E-state index < -0.39 is 0 Å². The van der Waals surface area contributed by atoms with Crippen LogP contribution in [0.1, 0.15) is 11.1 Å². The Kier molecular flexibility index (Phi) is 3.28. The molecule has 100 valence electrons. The van der Waals surface area contributed by atoms with Gasteiger partial charge in [0, 0.05) is 5.02 Å². The van der Waals surface area contributed by atoms with Crippen molar-refractivity contribution in [3.8, 4) is 0 Å². The van der Waals surface area contributed by atoms with E-state index in [9.17, 15) is 4.79 Å². The van der Waals surface area contributed by atoms with Crippen molar-refractivity contribution in [1.29, 1.82) is 0 Å². The summed E-state index contributed by atoms with van der Waals surface area (Å²) in [7, 11) is 0. The Labute approximate surface area is 121 Å². The van der Waals surface area contributed by atoms with Crippen molar-refractivity contribution in [3.63, 3.8) is 0 Å². The molecular formula is C16H13ClN2O. The maximum atomic E-state index is 12.5. The van der Waals surface area contributed by atoms with Crippen molar-refractivity contribution in [1.82, 2.24) is 9.55 Å². The lowest BCUT2D eigenvalue weighted by molar-refractivity contribution is 0.748. The summed E-state index contributed by atoms with van der Waals surface area (Å²) in [5.74, 6) is 0. The largest absolute Gasteiger partial charge is 0.294 e. The molecule has 0 N–H and O–H groups in total. The van der Waals surface area contributed by atoms with E-state index in [4.69, 9.17) is 11.6 Å². The number of halogens is 1. The van der Waals surface area contributed by atoms with Crippen LogP contribution in [0.15, 0.2) is 53.6 Å². The molecule has 0 fully saturated rings. The van der Waals surface area contributed by atoms with Crippen LogP contribution in [0.4, 0.5) is 0 Å². The summed E-state index contributed by atoms with van der Waals surface area (Å²) < 4.78 is 1.59. The molecule has 3 rings (SSSR count). The van der Waals surface area contributed by atoms with Crippen molar-refractivity contribution in [2.75, 3.05) is 0 Å². The second-order valence-corrected chi connectivity index (χ2v) is 5.15. The first kappa shape index (κ1) is 12.9. The molecule has 0 unspecified atom stereocenters. The third-order valence-electron chi connectivity index (χ3n) is 3.35. The van der Waals surface area contributed by atoms with Crippen molar-refractivity contribution >= 4 is 22.5 Å². The monoisotopic (exact) mass is 284 g/mol. The summed E-state index contributed by atoms with van der Waals surface area (Å²) in [6, 6.07) is 13.1. The van der Waals surface area contributed by atoms with Crippen LogP contribution in [0.25, 0.3) is 10.9 Å². The van der Waals surface area contributed by atoms with Gasteiger partial charge < -0.3 is 0 Å². The topological polar surface area (TPSA) is 34.9 Å². The van der Waals surface area contributed by atoms with E-state index in [2.05, 4.69) is 4.98 Å². The Balaban J connectivity index is 2.12. The lowest BCUT2D eigenvalue weighted by atomic mass is 10.1. The lowest BCUT2D eigenvalue weighted by Crippen LogP contribution is -2.21. The number of rotatable bonds is 2. The molecule has 0 spiro atoms. The Morgan fingerprint density at radius 1 is 1.15 bits per heavy atom. The molecule has 3 nitrogen and oxygen atoms in total. The quantitative estimate of drug-likeness (QED) is 0.723. The molecule has 0 aliphatic carbocycles. The molecule has 0 aliphatic heterocycles. The third-order valence-corrected chi connectivity index (χ3v) is 3.72. The molecule has 0 aliphatic rings. The molecule has 4 heteroatoms. The van der Waals surface area contributed by atoms with Gasteiger partial charge in [0.2, 0.25) is 0 Å². The predicted molar refractivity (Wildman–Crippen MR) is 81.3 cm³/mol. The minimum atomic E-state index is -0.0429. The van der Waals surface area contributed by atoms with E-state index >= 15 is 0 Å². The first-order valence-electron chi connectivity index (χ1n) is 6.35. The number of aromatic nitrogens is 2. The number of nitrogens with zero attached hydrogens (tertiary/aromatic N) is 2. The molecule has 1 aromatic heterocycles. The van der Waals surface area contributed by atoms with Gasteiger partial charge in [-0.15, -0.1) is 0 Å². The Hall–Kier alpha value is -2.13. The van der Waals surface area contributed by atoms with Crippen molar-refractivity contribution < 1.29 is 0 Å². The first-order valence-corrected chi connectivity index (χ1v) is 6.73. The number of aryl methyl sites for hydroxylation is 1. The van der Waals surface area contributed by atoms with Crippen LogP contribution in [0.2, 0.25) is 5.02 Å². The highest BCUT2D eigenvalue weighted by molar-refractivity contribution is 6.31. The number of hydrogen-bond donors (Lipinski definition) is 0. The van der Waals surface area contributed by atoms with Crippen LogP contribution in [0.5, 0.6) is 0 Å². The Morgan fingerprint density at radius 2 is 1.95 bits per heavy atom. The van der Waals surface area contributed by atoms with Gasteiger partial charge in [-0.05, 0) is 30.2 Å². The summed E-state index contributed by atoms with van der Waals surface area (Å²) in [4.78, 5) is 16.9. The average Bonchev–Trinajstić information content (AvgIpc) is 2.45. The van der Waals surface area contributed by atoms with Gasteiger partial charge in [0.15, 0.2) is 0 Å². The van der Waals surface area contributed by atoms with Gasteiger partial charge in [0.05, 0.1) is 23.8 Å². The van der Waals surface area contributed by atoms with Crippen LogP contribution in [0, 0.1) is 6.92 Å². The van der Waals surface area contributed by atoms with Gasteiger partial charge in [-0.1, -0.05) is 41.9 Å². The second-order valence-electron chi connectivity index (χ2n) is 4.74. The molecule has 1 heterocycles. The number of benzene rings is 2. The van der Waals surface area contributed by atoms with Gasteiger partial charge in [-0.2, -0.15) is 0 Å². The predicted octanol–water partition coefficient (Wildman–Crippen LogP) is 3.41. The second kappa shape index (κ2) is 5.10. The summed E-state index contributed by atoms with van der Waals surface area (Å²) in [5.41, 5.74) is 2.63. The van der Waals surface area contributed by atoms with Crippen LogP contribution in [-0.4, -0.2) is 9.55 Å². The van der Waals surface area contributed by atoms with E-state index in [1.165, 1.54) is 0 Å². The summed E-state index contributed by atoms with van der Waals surface area (Å²) in [6.07, 6.45) is 1.58. The van der Waals surface area contributed by atoms with Gasteiger partial charge >= 0.3 is 0 Å². The van der Waals surface area contributed by atoms with Gasteiger partial charge in [-0.25, -0.2) is 4.98 Å². The zero-order valence-electron chi connectivity index (χ0n) is 11.0. The summed E-state index contributed by atoms with van der Waals surface area (Å²) in [5, 5.41) is 1.29. The molecule has 0 bridgehead atoms. The summed E-state index contributed by atoms with van der Waals surface area (Å²) in [6.45, 7) is 2.38. The maximum absolute atomic E-state index is 12.5. The fourth-order valence-corrected chi connectivity index (χ4v) is 2.46. The SMILES string of the molecule is Cc1cccc2c(=O)n(Cc3ccccc3Cl)cnc12. The van der Waals surface area contributed by atoms with Crippen LogP contribution in [0.3, 0.4) is 0 Å². The Bertz CT molecular complexity index is 839. The van der Waals surface area contributed by atoms with Crippen molar-refractivity contribution in [2.24, 2.45) is 0 Å². The minimum absolute atomic E-state index is 0.0429. The van der Waals surface area contributed by atoms with Crippen molar-refractivity contribution in [3.05, 3.63) is 75.3 Å². The molecule has 2 aromatic carbocycles. The molecule has 0 amide bonds. The lowest BCUT2D eigenvalue weighted by Gasteiger charge is -2.09. The highest BCUT2D eigenvalue weighted by Crippen LogP contribution is 2.16. The molecule has 0 saturated carbocycles. The van der Waals surface area contributed by atoms with E-state index in [0.717, 1.165) is 16.6 Å². The Morgan fingerprint density at radius 3 is 2.75 bits per heavy atom. The van der Waals surface area contributed by atoms with Gasteiger partial charge in [0.1, 0.15) is 0 Å². The minimum Gasteiger partial charge on any atom is -0.294 e. The van der Waals surface area contributed by atoms with E-state index in [1.807, 2.05) is 43.3 Å². The number of fused-ring (bicyclic) bond motifs is 1.